The summed E-state index contributed by atoms with van der Waals surface area (Å²) in [6, 6.07) is 5.86. The van der Waals surface area contributed by atoms with Crippen LogP contribution in [0.3, 0.4) is 0 Å². The lowest BCUT2D eigenvalue weighted by molar-refractivity contribution is 0.596. The first-order valence-electron chi connectivity index (χ1n) is 2.76. The lowest BCUT2D eigenvalue weighted by atomic mass is 10.4. The van der Waals surface area contributed by atoms with Crippen LogP contribution < -0.4 is 5.14 Å². The Morgan fingerprint density at radius 1 is 1.27 bits per heavy atom. The number of hydrogen-bond acceptors (Lipinski definition) is 2. The zero-order valence-electron chi connectivity index (χ0n) is 5.41. The summed E-state index contributed by atoms with van der Waals surface area (Å²) in [5.41, 5.74) is 0. The van der Waals surface area contributed by atoms with Crippen LogP contribution in [0.4, 0.5) is 0 Å². The van der Waals surface area contributed by atoms with Gasteiger partial charge in [-0.25, -0.2) is 8.42 Å². The number of nitrogens with one attached hydrogen (secondary N) is 1. The average molecular weight is 191 g/mol. The van der Waals surface area contributed by atoms with Gasteiger partial charge in [0.05, 0.1) is 5.02 Å². The first-order chi connectivity index (χ1) is 5.02. The van der Waals surface area contributed by atoms with Gasteiger partial charge in [-0.1, -0.05) is 23.7 Å². The number of benzene rings is 1. The van der Waals surface area contributed by atoms with Gasteiger partial charge < -0.3 is 0 Å². The van der Waals surface area contributed by atoms with Gasteiger partial charge in [-0.3, -0.25) is 0 Å². The second-order valence-electron chi connectivity index (χ2n) is 1.93. The van der Waals surface area contributed by atoms with Gasteiger partial charge in [0.15, 0.2) is 0 Å². The minimum absolute atomic E-state index is 0.0856. The van der Waals surface area contributed by atoms with Gasteiger partial charge in [-0.05, 0) is 12.1 Å². The second kappa shape index (κ2) is 2.81. The lowest BCUT2D eigenvalue weighted by Crippen LogP contribution is -2.00. The maximum atomic E-state index is 10.6. The fourth-order valence-electron chi connectivity index (χ4n) is 0.663. The molecule has 0 atom stereocenters. The van der Waals surface area contributed by atoms with E-state index in [1.807, 2.05) is 0 Å². The molecule has 0 unspecified atom stereocenters. The third-order valence-corrected chi connectivity index (χ3v) is 2.50. The van der Waals surface area contributed by atoms with Crippen molar-refractivity contribution in [3.8, 4) is 0 Å². The van der Waals surface area contributed by atoms with E-state index in [-0.39, 0.29) is 9.92 Å². The van der Waals surface area contributed by atoms with Crippen LogP contribution >= 0.6 is 11.6 Å². The fourth-order valence-corrected chi connectivity index (χ4v) is 1.69. The first kappa shape index (κ1) is 8.52. The Kier molecular flexibility index (Phi) is 2.17. The first-order valence-corrected chi connectivity index (χ1v) is 4.62. The summed E-state index contributed by atoms with van der Waals surface area (Å²) in [6.45, 7) is 0. The van der Waals surface area contributed by atoms with E-state index in [1.165, 1.54) is 18.2 Å². The average Bonchev–Trinajstić information content (AvgIpc) is 1.86. The Balaban J connectivity index is 3.37. The highest BCUT2D eigenvalue weighted by Gasteiger charge is 2.11. The molecule has 0 aromatic heterocycles. The summed E-state index contributed by atoms with van der Waals surface area (Å²) in [5.74, 6) is 0. The molecule has 11 heavy (non-hydrogen) atoms. The Hall–Kier alpha value is -0.580. The molecule has 0 amide bonds. The van der Waals surface area contributed by atoms with E-state index in [1.54, 1.807) is 6.07 Å². The third kappa shape index (κ3) is 1.92. The summed E-state index contributed by atoms with van der Waals surface area (Å²) in [5, 5.41) is 6.79. The fraction of sp³-hybridized carbons (Fsp3) is 0. The zero-order chi connectivity index (χ0) is 8.48. The van der Waals surface area contributed by atoms with E-state index >= 15 is 0 Å². The smallest absolute Gasteiger partial charge is 0.206 e. The van der Waals surface area contributed by atoms with E-state index in [4.69, 9.17) is 16.7 Å². The summed E-state index contributed by atoms with van der Waals surface area (Å²) in [6.07, 6.45) is 0. The maximum Gasteiger partial charge on any atom is 0.255 e. The van der Waals surface area contributed by atoms with E-state index in [9.17, 15) is 8.42 Å². The minimum Gasteiger partial charge on any atom is -0.206 e. The second-order valence-corrected chi connectivity index (χ2v) is 3.79. The number of sulfonamides is 1. The Morgan fingerprint density at radius 2 is 1.82 bits per heavy atom. The molecule has 0 aliphatic rings. The van der Waals surface area contributed by atoms with Crippen molar-refractivity contribution >= 4 is 21.6 Å². The van der Waals surface area contributed by atoms with Crippen molar-refractivity contribution in [3.63, 3.8) is 0 Å². The molecule has 0 saturated heterocycles. The van der Waals surface area contributed by atoms with E-state index < -0.39 is 10.0 Å². The van der Waals surface area contributed by atoms with Crippen LogP contribution in [-0.4, -0.2) is 8.42 Å². The largest absolute Gasteiger partial charge is 0.255 e. The maximum absolute atomic E-state index is 10.6. The zero-order valence-corrected chi connectivity index (χ0v) is 6.98. The molecule has 0 fully saturated rings. The van der Waals surface area contributed by atoms with Gasteiger partial charge in [-0.15, -0.1) is 5.14 Å². The standard InChI is InChI=1S/C6H5ClNO2S/c7-5-3-1-2-4-6(5)11(8,9)10/h1-4,8H. The molecule has 0 saturated carbocycles. The predicted octanol–water partition coefficient (Wildman–Crippen LogP) is 1.31. The van der Waals surface area contributed by atoms with Gasteiger partial charge in [0.2, 0.25) is 0 Å². The molecule has 59 valence electrons. The molecule has 1 aromatic carbocycles. The molecule has 3 nitrogen and oxygen atoms in total. The molecule has 1 N–H and O–H groups in total. The Bertz CT molecular complexity index is 361. The Morgan fingerprint density at radius 3 is 2.18 bits per heavy atom. The molecule has 1 aromatic rings. The summed E-state index contributed by atoms with van der Waals surface area (Å²) < 4.78 is 21.3. The highest BCUT2D eigenvalue weighted by Crippen LogP contribution is 2.18. The Labute approximate surface area is 69.8 Å². The molecule has 1 rings (SSSR count). The van der Waals surface area contributed by atoms with Crippen molar-refractivity contribution in [1.29, 1.82) is 0 Å². The van der Waals surface area contributed by atoms with Crippen molar-refractivity contribution < 1.29 is 8.42 Å². The molecule has 0 spiro atoms. The van der Waals surface area contributed by atoms with Crippen LogP contribution in [0.2, 0.25) is 5.02 Å². The van der Waals surface area contributed by atoms with Crippen LogP contribution in [0.1, 0.15) is 0 Å². The number of halogens is 1. The van der Waals surface area contributed by atoms with E-state index in [0.717, 1.165) is 0 Å². The normalized spacial score (nSPS) is 11.5. The monoisotopic (exact) mass is 190 g/mol. The van der Waals surface area contributed by atoms with Gasteiger partial charge in [0.1, 0.15) is 4.90 Å². The lowest BCUT2D eigenvalue weighted by Gasteiger charge is -1.97. The van der Waals surface area contributed by atoms with Crippen molar-refractivity contribution in [2.45, 2.75) is 4.90 Å². The molecule has 0 aliphatic heterocycles. The van der Waals surface area contributed by atoms with Crippen LogP contribution in [-0.2, 0) is 10.0 Å². The highest BCUT2D eigenvalue weighted by molar-refractivity contribution is 7.89. The van der Waals surface area contributed by atoms with Crippen molar-refractivity contribution in [2.75, 3.05) is 0 Å². The highest BCUT2D eigenvalue weighted by atomic mass is 35.5. The summed E-state index contributed by atoms with van der Waals surface area (Å²) in [4.78, 5) is -0.151. The van der Waals surface area contributed by atoms with Crippen molar-refractivity contribution in [3.05, 3.63) is 29.3 Å². The van der Waals surface area contributed by atoms with Crippen molar-refractivity contribution in [2.24, 2.45) is 0 Å². The van der Waals surface area contributed by atoms with Gasteiger partial charge in [0, 0.05) is 0 Å². The molecule has 0 aliphatic carbocycles. The molecule has 0 heterocycles. The third-order valence-electron chi connectivity index (χ3n) is 1.13. The summed E-state index contributed by atoms with van der Waals surface area (Å²) in [7, 11) is -3.92. The van der Waals surface area contributed by atoms with Gasteiger partial charge in [0.25, 0.3) is 10.0 Å². The van der Waals surface area contributed by atoms with E-state index in [0.29, 0.717) is 0 Å². The molecule has 1 radical (unpaired) electrons. The predicted molar refractivity (Wildman–Crippen MR) is 41.7 cm³/mol. The van der Waals surface area contributed by atoms with Crippen molar-refractivity contribution in [1.82, 2.24) is 5.14 Å². The van der Waals surface area contributed by atoms with Crippen LogP contribution in [0.25, 0.3) is 0 Å². The minimum atomic E-state index is -3.92. The number of rotatable bonds is 1. The summed E-state index contributed by atoms with van der Waals surface area (Å²) >= 11 is 5.51. The quantitative estimate of drug-likeness (QED) is 0.671. The number of hydrogen-bond donors (Lipinski definition) is 0. The molecular weight excluding hydrogens is 186 g/mol. The topological polar surface area (TPSA) is 57.9 Å². The van der Waals surface area contributed by atoms with Crippen LogP contribution in [0.15, 0.2) is 29.2 Å². The van der Waals surface area contributed by atoms with Gasteiger partial charge in [-0.2, -0.15) is 0 Å². The molecule has 5 heteroatoms. The molecule has 0 bridgehead atoms. The van der Waals surface area contributed by atoms with Crippen LogP contribution in [0, 0.1) is 0 Å². The van der Waals surface area contributed by atoms with Crippen LogP contribution in [0.5, 0.6) is 0 Å². The SMILES string of the molecule is [NH]S(=O)(=O)c1ccccc1Cl. The van der Waals surface area contributed by atoms with Gasteiger partial charge >= 0.3 is 0 Å². The molecular formula is C6H5ClNO2S. The van der Waals surface area contributed by atoms with E-state index in [2.05, 4.69) is 0 Å².